The third-order valence-electron chi connectivity index (χ3n) is 4.55. The van der Waals surface area contributed by atoms with Crippen molar-refractivity contribution in [1.82, 2.24) is 20.3 Å². The molecule has 0 saturated carbocycles. The molecule has 2 heterocycles. The van der Waals surface area contributed by atoms with Crippen molar-refractivity contribution in [3.8, 4) is 22.8 Å². The summed E-state index contributed by atoms with van der Waals surface area (Å²) in [6.45, 7) is 6.20. The summed E-state index contributed by atoms with van der Waals surface area (Å²) in [6.07, 6.45) is 0. The van der Waals surface area contributed by atoms with Gasteiger partial charge in [0.25, 0.3) is 5.22 Å². The second-order valence-corrected chi connectivity index (χ2v) is 7.71. The molecule has 0 radical (unpaired) electrons. The van der Waals surface area contributed by atoms with Crippen molar-refractivity contribution >= 4 is 29.1 Å². The van der Waals surface area contributed by atoms with Crippen LogP contribution in [0.1, 0.15) is 19.7 Å². The molecule has 2 aromatic heterocycles. The van der Waals surface area contributed by atoms with Gasteiger partial charge in [-0.15, -0.1) is 10.2 Å². The van der Waals surface area contributed by atoms with Crippen LogP contribution in [0.15, 0.2) is 62.7 Å². The zero-order valence-electron chi connectivity index (χ0n) is 16.6. The fourth-order valence-corrected chi connectivity index (χ4v) is 3.80. The van der Waals surface area contributed by atoms with E-state index in [1.54, 1.807) is 6.07 Å². The normalized spacial score (nSPS) is 11.0. The first-order valence-electron chi connectivity index (χ1n) is 9.57. The molecule has 9 heteroatoms. The molecule has 30 heavy (non-hydrogen) atoms. The lowest BCUT2D eigenvalue weighted by Gasteiger charge is -2.20. The van der Waals surface area contributed by atoms with Gasteiger partial charge in [-0.25, -0.2) is 0 Å². The molecule has 0 N–H and O–H groups in total. The van der Waals surface area contributed by atoms with Gasteiger partial charge in [0.1, 0.15) is 0 Å². The van der Waals surface area contributed by atoms with E-state index in [4.69, 9.17) is 20.5 Å². The predicted molar refractivity (Wildman–Crippen MR) is 118 cm³/mol. The van der Waals surface area contributed by atoms with Crippen molar-refractivity contribution in [3.05, 3.63) is 59.4 Å². The Morgan fingerprint density at radius 3 is 2.50 bits per heavy atom. The lowest BCUT2D eigenvalue weighted by Crippen LogP contribution is -2.21. The van der Waals surface area contributed by atoms with E-state index in [1.165, 1.54) is 17.4 Å². The first-order chi connectivity index (χ1) is 14.7. The van der Waals surface area contributed by atoms with Gasteiger partial charge in [0.05, 0.1) is 10.8 Å². The maximum Gasteiger partial charge on any atom is 0.277 e. The lowest BCUT2D eigenvalue weighted by molar-refractivity contribution is 0.391. The topological polar surface area (TPSA) is 81.1 Å². The van der Waals surface area contributed by atoms with Crippen LogP contribution < -0.4 is 4.90 Å². The minimum absolute atomic E-state index is 0.417. The van der Waals surface area contributed by atoms with Crippen LogP contribution in [0.25, 0.3) is 22.8 Å². The highest BCUT2D eigenvalue weighted by Gasteiger charge is 2.14. The van der Waals surface area contributed by atoms with Crippen LogP contribution >= 0.6 is 23.4 Å². The zero-order chi connectivity index (χ0) is 20.9. The van der Waals surface area contributed by atoms with Gasteiger partial charge < -0.3 is 13.8 Å². The quantitative estimate of drug-likeness (QED) is 0.328. The van der Waals surface area contributed by atoms with Gasteiger partial charge in [-0.3, -0.25) is 0 Å². The van der Waals surface area contributed by atoms with E-state index >= 15 is 0 Å². The van der Waals surface area contributed by atoms with Crippen LogP contribution in [-0.4, -0.2) is 33.4 Å². The highest BCUT2D eigenvalue weighted by Crippen LogP contribution is 2.29. The van der Waals surface area contributed by atoms with Crippen LogP contribution in [0.5, 0.6) is 0 Å². The summed E-state index contributed by atoms with van der Waals surface area (Å²) < 4.78 is 11.1. The Bertz CT molecular complexity index is 1110. The van der Waals surface area contributed by atoms with E-state index in [0.717, 1.165) is 24.2 Å². The number of thioether (sulfide) groups is 1. The molecule has 0 spiro atoms. The van der Waals surface area contributed by atoms with E-state index in [2.05, 4.69) is 51.2 Å². The van der Waals surface area contributed by atoms with E-state index in [-0.39, 0.29) is 0 Å². The molecule has 154 valence electrons. The van der Waals surface area contributed by atoms with Gasteiger partial charge in [0.15, 0.2) is 0 Å². The maximum absolute atomic E-state index is 6.18. The molecule has 0 atom stereocenters. The number of aromatic nitrogens is 4. The molecule has 0 amide bonds. The third-order valence-corrected chi connectivity index (χ3v) is 5.68. The van der Waals surface area contributed by atoms with Gasteiger partial charge in [-0.2, -0.15) is 4.98 Å². The SMILES string of the molecule is CCN(CC)c1ccc(-c2nnc(SCc3nc(-c4ccccc4Cl)no3)o2)cc1. The first kappa shape index (κ1) is 20.4. The van der Waals surface area contributed by atoms with E-state index in [9.17, 15) is 0 Å². The Hall–Kier alpha value is -2.84. The Labute approximate surface area is 183 Å². The molecule has 2 aromatic carbocycles. The smallest absolute Gasteiger partial charge is 0.277 e. The monoisotopic (exact) mass is 441 g/mol. The summed E-state index contributed by atoms with van der Waals surface area (Å²) in [5.74, 6) is 1.81. The van der Waals surface area contributed by atoms with Crippen molar-refractivity contribution in [2.75, 3.05) is 18.0 Å². The minimum atomic E-state index is 0.417. The molecule has 0 aliphatic rings. The number of rotatable bonds is 8. The number of hydrogen-bond acceptors (Lipinski definition) is 8. The Balaban J connectivity index is 1.40. The van der Waals surface area contributed by atoms with Crippen molar-refractivity contribution < 1.29 is 8.94 Å². The molecule has 0 fully saturated rings. The fourth-order valence-electron chi connectivity index (χ4n) is 2.98. The molecule has 7 nitrogen and oxygen atoms in total. The standard InChI is InChI=1S/C21H20ClN5O2S/c1-3-27(4-2)15-11-9-14(10-12-15)20-24-25-21(28-20)30-13-18-23-19(26-29-18)16-7-5-6-8-17(16)22/h5-12H,3-4,13H2,1-2H3. The average molecular weight is 442 g/mol. The second-order valence-electron chi connectivity index (χ2n) is 6.37. The van der Waals surface area contributed by atoms with Crippen LogP contribution in [0, 0.1) is 0 Å². The Morgan fingerprint density at radius 1 is 1.00 bits per heavy atom. The summed E-state index contributed by atoms with van der Waals surface area (Å²) in [4.78, 5) is 6.66. The summed E-state index contributed by atoms with van der Waals surface area (Å²) in [5.41, 5.74) is 2.78. The number of halogens is 1. The first-order valence-corrected chi connectivity index (χ1v) is 10.9. The number of nitrogens with zero attached hydrogens (tertiary/aromatic N) is 5. The van der Waals surface area contributed by atoms with Crippen LogP contribution in [0.2, 0.25) is 5.02 Å². The lowest BCUT2D eigenvalue weighted by atomic mass is 10.2. The molecule has 0 unspecified atom stereocenters. The predicted octanol–water partition coefficient (Wildman–Crippen LogP) is 5.58. The highest BCUT2D eigenvalue weighted by molar-refractivity contribution is 7.98. The Morgan fingerprint density at radius 2 is 1.77 bits per heavy atom. The molecule has 0 bridgehead atoms. The summed E-state index contributed by atoms with van der Waals surface area (Å²) in [6, 6.07) is 15.5. The average Bonchev–Trinajstić information content (AvgIpc) is 3.44. The van der Waals surface area contributed by atoms with E-state index < -0.39 is 0 Å². The number of benzene rings is 2. The van der Waals surface area contributed by atoms with Crippen molar-refractivity contribution in [1.29, 1.82) is 0 Å². The van der Waals surface area contributed by atoms with Crippen LogP contribution in [0.3, 0.4) is 0 Å². The van der Waals surface area contributed by atoms with E-state index in [0.29, 0.717) is 33.6 Å². The molecule has 0 aliphatic carbocycles. The van der Waals surface area contributed by atoms with Crippen molar-refractivity contribution in [3.63, 3.8) is 0 Å². The molecular formula is C21H20ClN5O2S. The number of anilines is 1. The molecule has 4 rings (SSSR count). The van der Waals surface area contributed by atoms with Gasteiger partial charge in [0, 0.05) is 29.9 Å². The van der Waals surface area contributed by atoms with Gasteiger partial charge in [-0.1, -0.05) is 40.7 Å². The van der Waals surface area contributed by atoms with Crippen molar-refractivity contribution in [2.45, 2.75) is 24.8 Å². The highest BCUT2D eigenvalue weighted by atomic mass is 35.5. The van der Waals surface area contributed by atoms with Gasteiger partial charge in [-0.05, 0) is 50.2 Å². The van der Waals surface area contributed by atoms with Crippen LogP contribution in [-0.2, 0) is 5.75 Å². The van der Waals surface area contributed by atoms with Gasteiger partial charge in [0.2, 0.25) is 17.6 Å². The third kappa shape index (κ3) is 4.49. The Kier molecular flexibility index (Phi) is 6.35. The summed E-state index contributed by atoms with van der Waals surface area (Å²) in [7, 11) is 0. The molecule has 4 aromatic rings. The summed E-state index contributed by atoms with van der Waals surface area (Å²) in [5, 5.41) is 13.3. The minimum Gasteiger partial charge on any atom is -0.411 e. The number of hydrogen-bond donors (Lipinski definition) is 0. The largest absolute Gasteiger partial charge is 0.411 e. The second kappa shape index (κ2) is 9.32. The maximum atomic E-state index is 6.18. The van der Waals surface area contributed by atoms with Crippen LogP contribution in [0.4, 0.5) is 5.69 Å². The van der Waals surface area contributed by atoms with Crippen molar-refractivity contribution in [2.24, 2.45) is 0 Å². The van der Waals surface area contributed by atoms with E-state index in [1.807, 2.05) is 30.3 Å². The fraction of sp³-hybridized carbons (Fsp3) is 0.238. The van der Waals surface area contributed by atoms with Gasteiger partial charge >= 0.3 is 0 Å². The summed E-state index contributed by atoms with van der Waals surface area (Å²) >= 11 is 7.52. The molecule has 0 aliphatic heterocycles. The molecular weight excluding hydrogens is 422 g/mol. The zero-order valence-corrected chi connectivity index (χ0v) is 18.2. The molecule has 0 saturated heterocycles.